The average molecular weight is 598 g/mol. The van der Waals surface area contributed by atoms with E-state index in [1.165, 1.54) is 10.9 Å². The molecule has 0 aliphatic rings. The predicted octanol–water partition coefficient (Wildman–Crippen LogP) is 5.67. The largest absolute Gasteiger partial charge is 0.496 e. The number of nitrogens with zero attached hydrogens (tertiary/aromatic N) is 3. The summed E-state index contributed by atoms with van der Waals surface area (Å²) in [5.74, 6) is 1.02. The Morgan fingerprint density at radius 3 is 2.63 bits per heavy atom. The summed E-state index contributed by atoms with van der Waals surface area (Å²) in [4.78, 5) is 29.5. The highest BCUT2D eigenvalue weighted by Gasteiger charge is 2.18. The zero-order valence-corrected chi connectivity index (χ0v) is 23.6. The molecule has 1 aromatic heterocycles. The van der Waals surface area contributed by atoms with Gasteiger partial charge < -0.3 is 15.2 Å². The Hall–Kier alpha value is -3.69. The number of hydrogen-bond acceptors (Lipinski definition) is 6. The van der Waals surface area contributed by atoms with Crippen LogP contribution in [0.2, 0.25) is 5.02 Å². The number of rotatable bonds is 8. The lowest BCUT2D eigenvalue weighted by molar-refractivity contribution is -0.119. The number of primary amides is 1. The molecular formula is C28H26BrClN4O4. The van der Waals surface area contributed by atoms with Gasteiger partial charge in [-0.3, -0.25) is 9.59 Å². The summed E-state index contributed by atoms with van der Waals surface area (Å²) in [5.41, 5.74) is 8.66. The normalized spacial score (nSPS) is 11.4. The van der Waals surface area contributed by atoms with E-state index in [1.807, 2.05) is 25.1 Å². The van der Waals surface area contributed by atoms with Gasteiger partial charge >= 0.3 is 0 Å². The molecule has 4 aromatic rings. The Labute approximate surface area is 233 Å². The van der Waals surface area contributed by atoms with Crippen LogP contribution >= 0.6 is 27.5 Å². The second-order valence-electron chi connectivity index (χ2n) is 8.95. The van der Waals surface area contributed by atoms with Gasteiger partial charge in [-0.15, -0.1) is 0 Å². The van der Waals surface area contributed by atoms with Gasteiger partial charge in [-0.25, -0.2) is 4.98 Å². The second kappa shape index (κ2) is 11.4. The molecule has 0 fully saturated rings. The van der Waals surface area contributed by atoms with Crippen LogP contribution in [0.1, 0.15) is 36.5 Å². The maximum absolute atomic E-state index is 13.6. The molecule has 10 heteroatoms. The highest BCUT2D eigenvalue weighted by Crippen LogP contribution is 2.35. The van der Waals surface area contributed by atoms with E-state index in [9.17, 15) is 9.59 Å². The van der Waals surface area contributed by atoms with Gasteiger partial charge in [0.15, 0.2) is 18.2 Å². The van der Waals surface area contributed by atoms with Gasteiger partial charge in [-0.2, -0.15) is 9.78 Å². The molecule has 1 heterocycles. The number of para-hydroxylation sites is 1. The number of aromatic nitrogens is 2. The van der Waals surface area contributed by atoms with Gasteiger partial charge in [0.05, 0.1) is 33.7 Å². The number of halogens is 2. The Balaban J connectivity index is 1.89. The minimum Gasteiger partial charge on any atom is -0.496 e. The summed E-state index contributed by atoms with van der Waals surface area (Å²) in [6.07, 6.45) is 1.51. The number of aryl methyl sites for hydroxylation is 1. The Bertz CT molecular complexity index is 1610. The molecular weight excluding hydrogens is 572 g/mol. The van der Waals surface area contributed by atoms with Crippen molar-refractivity contribution in [2.45, 2.75) is 26.7 Å². The Kier molecular flexibility index (Phi) is 8.18. The molecule has 0 bridgehead atoms. The number of benzene rings is 3. The van der Waals surface area contributed by atoms with Crippen LogP contribution in [0.15, 0.2) is 62.9 Å². The number of fused-ring (bicyclic) bond motifs is 1. The number of nitrogens with two attached hydrogens (primary N) is 1. The van der Waals surface area contributed by atoms with Crippen molar-refractivity contribution < 1.29 is 14.3 Å². The van der Waals surface area contributed by atoms with Crippen molar-refractivity contribution in [3.63, 3.8) is 0 Å². The van der Waals surface area contributed by atoms with Gasteiger partial charge in [-0.05, 0) is 81.9 Å². The Morgan fingerprint density at radius 2 is 1.97 bits per heavy atom. The van der Waals surface area contributed by atoms with Crippen molar-refractivity contribution in [3.8, 4) is 22.9 Å². The zero-order chi connectivity index (χ0) is 27.6. The maximum atomic E-state index is 13.6. The van der Waals surface area contributed by atoms with Crippen molar-refractivity contribution in [3.05, 3.63) is 85.1 Å². The highest BCUT2D eigenvalue weighted by atomic mass is 79.9. The highest BCUT2D eigenvalue weighted by molar-refractivity contribution is 9.10. The Morgan fingerprint density at radius 1 is 1.24 bits per heavy atom. The molecule has 1 amide bonds. The van der Waals surface area contributed by atoms with E-state index in [-0.39, 0.29) is 28.9 Å². The molecule has 4 rings (SSSR count). The summed E-state index contributed by atoms with van der Waals surface area (Å²) in [6, 6.07) is 14.4. The molecule has 0 saturated carbocycles. The number of hydrogen-bond donors (Lipinski definition) is 1. The third-order valence-corrected chi connectivity index (χ3v) is 6.76. The second-order valence-corrected chi connectivity index (χ2v) is 10.2. The summed E-state index contributed by atoms with van der Waals surface area (Å²) in [5, 5.41) is 5.23. The van der Waals surface area contributed by atoms with Crippen molar-refractivity contribution >= 4 is 50.6 Å². The molecule has 0 unspecified atom stereocenters. The van der Waals surface area contributed by atoms with E-state index in [0.717, 1.165) is 22.4 Å². The minimum absolute atomic E-state index is 0.184. The van der Waals surface area contributed by atoms with Crippen LogP contribution in [0.3, 0.4) is 0 Å². The molecule has 38 heavy (non-hydrogen) atoms. The first-order valence-electron chi connectivity index (χ1n) is 11.8. The first-order valence-corrected chi connectivity index (χ1v) is 12.9. The lowest BCUT2D eigenvalue weighted by atomic mass is 9.96. The average Bonchev–Trinajstić information content (AvgIpc) is 2.87. The summed E-state index contributed by atoms with van der Waals surface area (Å²) >= 11 is 9.77. The monoisotopic (exact) mass is 596 g/mol. The van der Waals surface area contributed by atoms with E-state index in [2.05, 4.69) is 34.9 Å². The molecule has 0 aliphatic carbocycles. The van der Waals surface area contributed by atoms with Crippen LogP contribution in [0.25, 0.3) is 22.3 Å². The molecule has 0 spiro atoms. The first kappa shape index (κ1) is 27.3. The lowest BCUT2D eigenvalue weighted by Gasteiger charge is -2.17. The lowest BCUT2D eigenvalue weighted by Crippen LogP contribution is -2.21. The molecule has 0 saturated heterocycles. The summed E-state index contributed by atoms with van der Waals surface area (Å²) in [6.45, 7) is 5.79. The van der Waals surface area contributed by atoms with Crippen molar-refractivity contribution in [2.75, 3.05) is 13.7 Å². The fraction of sp³-hybridized carbons (Fsp3) is 0.214. The van der Waals surface area contributed by atoms with E-state index in [4.69, 9.17) is 31.8 Å². The van der Waals surface area contributed by atoms with Crippen LogP contribution in [-0.4, -0.2) is 35.5 Å². The number of ether oxygens (including phenoxy) is 2. The fourth-order valence-corrected chi connectivity index (χ4v) is 5.02. The summed E-state index contributed by atoms with van der Waals surface area (Å²) in [7, 11) is 1.64. The minimum atomic E-state index is -0.622. The first-order chi connectivity index (χ1) is 18.1. The third kappa shape index (κ3) is 5.58. The van der Waals surface area contributed by atoms with E-state index >= 15 is 0 Å². The molecule has 196 valence electrons. The molecule has 8 nitrogen and oxygen atoms in total. The molecule has 0 radical (unpaired) electrons. The SMILES string of the molecule is COc1cc(C)c(-c2nc3ccccc3c(=O)n2N=Cc2cc(Cl)c(OCC(N)=O)c(Br)c2)cc1C(C)C. The number of carbonyl (C=O) groups is 1. The van der Waals surface area contributed by atoms with Crippen LogP contribution in [-0.2, 0) is 4.79 Å². The molecule has 0 atom stereocenters. The number of amides is 1. The van der Waals surface area contributed by atoms with Crippen LogP contribution in [0.5, 0.6) is 11.5 Å². The zero-order valence-electron chi connectivity index (χ0n) is 21.3. The van der Waals surface area contributed by atoms with Gasteiger partial charge in [-0.1, -0.05) is 37.6 Å². The molecule has 2 N–H and O–H groups in total. The fourth-order valence-electron chi connectivity index (χ4n) is 4.03. The molecule has 0 aliphatic heterocycles. The smallest absolute Gasteiger partial charge is 0.282 e. The van der Waals surface area contributed by atoms with Crippen LogP contribution in [0.4, 0.5) is 0 Å². The summed E-state index contributed by atoms with van der Waals surface area (Å²) < 4.78 is 12.8. The topological polar surface area (TPSA) is 109 Å². The van der Waals surface area contributed by atoms with E-state index in [1.54, 1.807) is 37.4 Å². The predicted molar refractivity (Wildman–Crippen MR) is 154 cm³/mol. The van der Waals surface area contributed by atoms with Crippen molar-refractivity contribution in [1.82, 2.24) is 9.66 Å². The van der Waals surface area contributed by atoms with Crippen molar-refractivity contribution in [1.29, 1.82) is 0 Å². The van der Waals surface area contributed by atoms with E-state index < -0.39 is 5.91 Å². The third-order valence-electron chi connectivity index (χ3n) is 5.90. The van der Waals surface area contributed by atoms with Gasteiger partial charge in [0, 0.05) is 5.56 Å². The van der Waals surface area contributed by atoms with Gasteiger partial charge in [0.1, 0.15) is 5.75 Å². The standard InChI is InChI=1S/C28H26BrClN4O4/c1-15(2)19-12-20(16(3)9-24(19)37-4)27-33-23-8-6-5-7-18(23)28(36)34(27)32-13-17-10-21(29)26(22(30)11-17)38-14-25(31)35/h5-13,15H,14H2,1-4H3,(H2,31,35). The molecule has 3 aromatic carbocycles. The quantitative estimate of drug-likeness (QED) is 0.264. The van der Waals surface area contributed by atoms with Crippen LogP contribution in [0, 0.1) is 6.92 Å². The van der Waals surface area contributed by atoms with E-state index in [0.29, 0.717) is 26.8 Å². The maximum Gasteiger partial charge on any atom is 0.282 e. The number of carbonyl (C=O) groups excluding carboxylic acids is 1. The number of methoxy groups -OCH3 is 1. The van der Waals surface area contributed by atoms with Gasteiger partial charge in [0.25, 0.3) is 11.5 Å². The van der Waals surface area contributed by atoms with Crippen LogP contribution < -0.4 is 20.8 Å². The van der Waals surface area contributed by atoms with Crippen molar-refractivity contribution in [2.24, 2.45) is 10.8 Å². The van der Waals surface area contributed by atoms with Gasteiger partial charge in [0.2, 0.25) is 0 Å².